The number of esters is 1. The molecular formula is C23H21N3O5S2. The third-order valence-electron chi connectivity index (χ3n) is 4.53. The van der Waals surface area contributed by atoms with Crippen LogP contribution in [-0.2, 0) is 9.53 Å². The highest BCUT2D eigenvalue weighted by Gasteiger charge is 2.24. The number of aromatic nitrogens is 2. The van der Waals surface area contributed by atoms with Crippen LogP contribution in [0.2, 0.25) is 0 Å². The van der Waals surface area contributed by atoms with Crippen LogP contribution in [-0.4, -0.2) is 34.4 Å². The van der Waals surface area contributed by atoms with Gasteiger partial charge in [-0.25, -0.2) is 4.79 Å². The Morgan fingerprint density at radius 1 is 1.15 bits per heavy atom. The smallest absolute Gasteiger partial charge is 0.341 e. The number of aryl methyl sites for hydroxylation is 2. The number of thiophene rings is 1. The van der Waals surface area contributed by atoms with Crippen LogP contribution in [0, 0.1) is 13.8 Å². The number of ether oxygens (including phenoxy) is 1. The van der Waals surface area contributed by atoms with Gasteiger partial charge >= 0.3 is 5.97 Å². The lowest BCUT2D eigenvalue weighted by atomic mass is 10.1. The molecule has 170 valence electrons. The number of nitrogens with zero attached hydrogens (tertiary/aromatic N) is 2. The fourth-order valence-electron chi connectivity index (χ4n) is 3.07. The third kappa shape index (κ3) is 5.35. The Morgan fingerprint density at radius 3 is 2.73 bits per heavy atom. The fourth-order valence-corrected chi connectivity index (χ4v) is 4.59. The van der Waals surface area contributed by atoms with Crippen LogP contribution in [0.5, 0.6) is 0 Å². The van der Waals surface area contributed by atoms with Crippen molar-refractivity contribution < 1.29 is 23.2 Å². The Kier molecular flexibility index (Phi) is 6.95. The maximum Gasteiger partial charge on any atom is 0.341 e. The third-order valence-corrected chi connectivity index (χ3v) is 6.24. The van der Waals surface area contributed by atoms with Crippen LogP contribution in [0.15, 0.2) is 55.8 Å². The molecule has 0 unspecified atom stereocenters. The SMILES string of the molecule is CCOC(=O)c1c(-c2ccc(C)o2)csc1NC(=O)CSc1nnc(-c2cccc(C)c2)o1. The molecule has 8 nitrogen and oxygen atoms in total. The van der Waals surface area contributed by atoms with Crippen molar-refractivity contribution >= 4 is 40.0 Å². The number of furan rings is 1. The van der Waals surface area contributed by atoms with E-state index >= 15 is 0 Å². The van der Waals surface area contributed by atoms with E-state index in [0.717, 1.165) is 28.6 Å². The highest BCUT2D eigenvalue weighted by atomic mass is 32.2. The summed E-state index contributed by atoms with van der Waals surface area (Å²) in [6.07, 6.45) is 0. The monoisotopic (exact) mass is 483 g/mol. The van der Waals surface area contributed by atoms with E-state index < -0.39 is 5.97 Å². The fraction of sp³-hybridized carbons (Fsp3) is 0.217. The zero-order valence-corrected chi connectivity index (χ0v) is 19.8. The molecule has 0 aliphatic rings. The number of hydrogen-bond acceptors (Lipinski definition) is 9. The molecule has 33 heavy (non-hydrogen) atoms. The van der Waals surface area contributed by atoms with Crippen molar-refractivity contribution in [3.05, 3.63) is 58.7 Å². The van der Waals surface area contributed by atoms with Crippen LogP contribution in [0.4, 0.5) is 5.00 Å². The summed E-state index contributed by atoms with van der Waals surface area (Å²) in [6, 6.07) is 11.3. The number of anilines is 1. The number of rotatable bonds is 8. The van der Waals surface area contributed by atoms with E-state index in [4.69, 9.17) is 13.6 Å². The molecule has 0 radical (unpaired) electrons. The summed E-state index contributed by atoms with van der Waals surface area (Å²) in [7, 11) is 0. The molecule has 3 heterocycles. The second kappa shape index (κ2) is 10.1. The van der Waals surface area contributed by atoms with Crippen LogP contribution in [0.1, 0.15) is 28.6 Å². The van der Waals surface area contributed by atoms with E-state index in [1.807, 2.05) is 44.2 Å². The lowest BCUT2D eigenvalue weighted by molar-refractivity contribution is -0.113. The van der Waals surface area contributed by atoms with Crippen molar-refractivity contribution in [2.24, 2.45) is 0 Å². The van der Waals surface area contributed by atoms with Gasteiger partial charge in [-0.05, 0) is 45.0 Å². The standard InChI is InChI=1S/C23H21N3O5S2/c1-4-29-22(28)19-16(17-9-8-14(3)30-17)11-32-21(19)24-18(27)12-33-23-26-25-20(31-23)15-7-5-6-13(2)10-15/h5-11H,4,12H2,1-3H3,(H,24,27). The van der Waals surface area contributed by atoms with Gasteiger partial charge in [-0.2, -0.15) is 0 Å². The van der Waals surface area contributed by atoms with E-state index in [9.17, 15) is 9.59 Å². The zero-order chi connectivity index (χ0) is 23.4. The number of carbonyl (C=O) groups excluding carboxylic acids is 2. The summed E-state index contributed by atoms with van der Waals surface area (Å²) in [6.45, 7) is 5.75. The van der Waals surface area contributed by atoms with E-state index in [1.54, 1.807) is 18.4 Å². The van der Waals surface area contributed by atoms with Crippen molar-refractivity contribution in [2.45, 2.75) is 26.0 Å². The molecule has 0 aliphatic carbocycles. The van der Waals surface area contributed by atoms with Gasteiger partial charge in [0.05, 0.1) is 12.4 Å². The van der Waals surface area contributed by atoms with Gasteiger partial charge in [0, 0.05) is 16.5 Å². The Bertz CT molecular complexity index is 1290. The first kappa shape index (κ1) is 22.8. The summed E-state index contributed by atoms with van der Waals surface area (Å²) in [5, 5.41) is 13.3. The second-order valence-electron chi connectivity index (χ2n) is 7.06. The number of amides is 1. The van der Waals surface area contributed by atoms with Crippen molar-refractivity contribution in [3.8, 4) is 22.8 Å². The molecule has 4 rings (SSSR count). The normalized spacial score (nSPS) is 10.9. The Morgan fingerprint density at radius 2 is 2.00 bits per heavy atom. The largest absolute Gasteiger partial charge is 0.462 e. The predicted octanol–water partition coefficient (Wildman–Crippen LogP) is 5.58. The maximum absolute atomic E-state index is 12.6. The van der Waals surface area contributed by atoms with E-state index in [1.165, 1.54) is 11.3 Å². The lowest BCUT2D eigenvalue weighted by Crippen LogP contribution is -2.16. The Balaban J connectivity index is 1.45. The number of thioether (sulfide) groups is 1. The second-order valence-corrected chi connectivity index (χ2v) is 8.87. The topological polar surface area (TPSA) is 107 Å². The van der Waals surface area contributed by atoms with E-state index in [-0.39, 0.29) is 29.1 Å². The highest BCUT2D eigenvalue weighted by molar-refractivity contribution is 7.99. The number of hydrogen-bond donors (Lipinski definition) is 1. The molecule has 0 saturated carbocycles. The Hall–Kier alpha value is -3.37. The minimum absolute atomic E-state index is 0.0325. The van der Waals surface area contributed by atoms with Gasteiger partial charge in [0.25, 0.3) is 5.22 Å². The molecule has 1 N–H and O–H groups in total. The van der Waals surface area contributed by atoms with Crippen molar-refractivity contribution in [3.63, 3.8) is 0 Å². The molecular weight excluding hydrogens is 462 g/mol. The molecule has 0 spiro atoms. The van der Waals surface area contributed by atoms with Crippen LogP contribution < -0.4 is 5.32 Å². The van der Waals surface area contributed by atoms with Gasteiger partial charge in [0.15, 0.2) is 0 Å². The quantitative estimate of drug-likeness (QED) is 0.256. The maximum atomic E-state index is 12.6. The number of nitrogens with one attached hydrogen (secondary N) is 1. The summed E-state index contributed by atoms with van der Waals surface area (Å²) >= 11 is 2.35. The van der Waals surface area contributed by atoms with Gasteiger partial charge in [-0.15, -0.1) is 21.5 Å². The van der Waals surface area contributed by atoms with E-state index in [2.05, 4.69) is 15.5 Å². The van der Waals surface area contributed by atoms with Crippen molar-refractivity contribution in [1.29, 1.82) is 0 Å². The average Bonchev–Trinajstić information content (AvgIpc) is 3.52. The van der Waals surface area contributed by atoms with Gasteiger partial charge in [-0.1, -0.05) is 29.5 Å². The first-order chi connectivity index (χ1) is 15.9. The predicted molar refractivity (Wildman–Crippen MR) is 127 cm³/mol. The number of benzene rings is 1. The van der Waals surface area contributed by atoms with Crippen LogP contribution in [0.3, 0.4) is 0 Å². The zero-order valence-electron chi connectivity index (χ0n) is 18.2. The minimum atomic E-state index is -0.523. The number of carbonyl (C=O) groups is 2. The molecule has 0 aliphatic heterocycles. The average molecular weight is 484 g/mol. The lowest BCUT2D eigenvalue weighted by Gasteiger charge is -2.07. The summed E-state index contributed by atoms with van der Waals surface area (Å²) in [4.78, 5) is 25.2. The summed E-state index contributed by atoms with van der Waals surface area (Å²) < 4.78 is 16.5. The molecule has 4 aromatic rings. The summed E-state index contributed by atoms with van der Waals surface area (Å²) in [5.74, 6) is 0.845. The first-order valence-corrected chi connectivity index (χ1v) is 12.0. The van der Waals surface area contributed by atoms with Gasteiger partial charge in [0.1, 0.15) is 22.1 Å². The molecule has 10 heteroatoms. The van der Waals surface area contributed by atoms with Crippen LogP contribution >= 0.6 is 23.1 Å². The molecule has 1 amide bonds. The summed E-state index contributed by atoms with van der Waals surface area (Å²) in [5.41, 5.74) is 2.75. The van der Waals surface area contributed by atoms with Gasteiger partial charge in [-0.3, -0.25) is 4.79 Å². The molecule has 3 aromatic heterocycles. The van der Waals surface area contributed by atoms with Crippen molar-refractivity contribution in [2.75, 3.05) is 17.7 Å². The van der Waals surface area contributed by atoms with Crippen molar-refractivity contribution in [1.82, 2.24) is 10.2 Å². The molecule has 0 bridgehead atoms. The molecule has 1 aromatic carbocycles. The van der Waals surface area contributed by atoms with Crippen LogP contribution in [0.25, 0.3) is 22.8 Å². The highest BCUT2D eigenvalue weighted by Crippen LogP contribution is 2.37. The molecule has 0 fully saturated rings. The van der Waals surface area contributed by atoms with Gasteiger partial charge in [0.2, 0.25) is 11.8 Å². The minimum Gasteiger partial charge on any atom is -0.462 e. The molecule has 0 saturated heterocycles. The Labute approximate surface area is 198 Å². The molecule has 0 atom stereocenters. The van der Waals surface area contributed by atoms with Gasteiger partial charge < -0.3 is 18.9 Å². The first-order valence-electron chi connectivity index (χ1n) is 10.1. The van der Waals surface area contributed by atoms with E-state index in [0.29, 0.717) is 22.2 Å².